The third-order valence-corrected chi connectivity index (χ3v) is 4.35. The second-order valence-corrected chi connectivity index (χ2v) is 6.62. The first kappa shape index (κ1) is 24.5. The fraction of sp³-hybridized carbons (Fsp3) is 0.292. The van der Waals surface area contributed by atoms with E-state index in [9.17, 15) is 14.4 Å². The maximum Gasteiger partial charge on any atom is 0.331 e. The molecule has 2 rings (SSSR count). The topological polar surface area (TPSA) is 100 Å². The van der Waals surface area contributed by atoms with E-state index in [4.69, 9.17) is 18.9 Å². The van der Waals surface area contributed by atoms with Crippen molar-refractivity contribution in [1.82, 2.24) is 5.32 Å². The molecular weight excluding hydrogens is 414 g/mol. The van der Waals surface area contributed by atoms with Gasteiger partial charge >= 0.3 is 11.9 Å². The molecule has 0 saturated carbocycles. The Bertz CT molecular complexity index is 941. The van der Waals surface area contributed by atoms with E-state index in [0.29, 0.717) is 23.7 Å². The van der Waals surface area contributed by atoms with Gasteiger partial charge < -0.3 is 24.3 Å². The van der Waals surface area contributed by atoms with Crippen LogP contribution in [0, 0.1) is 0 Å². The van der Waals surface area contributed by atoms with E-state index in [0.717, 1.165) is 5.56 Å². The van der Waals surface area contributed by atoms with E-state index in [-0.39, 0.29) is 6.42 Å². The normalized spacial score (nSPS) is 11.5. The average molecular weight is 441 g/mol. The van der Waals surface area contributed by atoms with Gasteiger partial charge in [0.25, 0.3) is 5.91 Å². The minimum absolute atomic E-state index is 0.257. The Kier molecular flexibility index (Phi) is 9.77. The highest BCUT2D eigenvalue weighted by Gasteiger charge is 2.22. The van der Waals surface area contributed by atoms with Crippen LogP contribution in [-0.4, -0.2) is 51.3 Å². The number of carbonyl (C=O) groups excluding carboxylic acids is 3. The van der Waals surface area contributed by atoms with Crippen LogP contribution in [0.2, 0.25) is 0 Å². The number of ether oxygens (including phenoxy) is 4. The van der Waals surface area contributed by atoms with Crippen molar-refractivity contribution in [3.05, 3.63) is 65.7 Å². The summed E-state index contributed by atoms with van der Waals surface area (Å²) in [6, 6.07) is 13.5. The van der Waals surface area contributed by atoms with Crippen LogP contribution in [0.4, 0.5) is 0 Å². The number of nitrogens with one attached hydrogen (secondary N) is 1. The molecule has 2 aromatic rings. The lowest BCUT2D eigenvalue weighted by Gasteiger charge is -2.16. The first-order valence-electron chi connectivity index (χ1n) is 10.0. The molecule has 0 fully saturated rings. The molecule has 1 amide bonds. The molecule has 2 aromatic carbocycles. The molecule has 1 N–H and O–H groups in total. The number of benzene rings is 2. The van der Waals surface area contributed by atoms with Crippen molar-refractivity contribution in [3.63, 3.8) is 0 Å². The van der Waals surface area contributed by atoms with Crippen molar-refractivity contribution in [2.24, 2.45) is 0 Å². The molecule has 0 bridgehead atoms. The SMILES string of the molecule is CCOc1ccc(/C=C/C(=O)OCC(=O)NC(Cc2ccccc2)C(=O)OC)cc1OC. The number of esters is 2. The van der Waals surface area contributed by atoms with Gasteiger partial charge in [-0.25, -0.2) is 9.59 Å². The second kappa shape index (κ2) is 12.8. The van der Waals surface area contributed by atoms with E-state index in [1.165, 1.54) is 26.4 Å². The van der Waals surface area contributed by atoms with Crippen LogP contribution in [0.15, 0.2) is 54.6 Å². The molecule has 0 heterocycles. The van der Waals surface area contributed by atoms with Gasteiger partial charge in [-0.2, -0.15) is 0 Å². The zero-order valence-electron chi connectivity index (χ0n) is 18.3. The van der Waals surface area contributed by atoms with Crippen molar-refractivity contribution >= 4 is 23.9 Å². The highest BCUT2D eigenvalue weighted by Crippen LogP contribution is 2.28. The summed E-state index contributed by atoms with van der Waals surface area (Å²) in [4.78, 5) is 36.1. The van der Waals surface area contributed by atoms with Crippen molar-refractivity contribution in [1.29, 1.82) is 0 Å². The molecule has 170 valence electrons. The summed E-state index contributed by atoms with van der Waals surface area (Å²) in [5, 5.41) is 2.53. The fourth-order valence-electron chi connectivity index (χ4n) is 2.83. The summed E-state index contributed by atoms with van der Waals surface area (Å²) in [5.41, 5.74) is 1.55. The van der Waals surface area contributed by atoms with Crippen molar-refractivity contribution < 1.29 is 33.3 Å². The zero-order valence-corrected chi connectivity index (χ0v) is 18.3. The molecule has 8 nitrogen and oxygen atoms in total. The van der Waals surface area contributed by atoms with Crippen LogP contribution in [-0.2, 0) is 30.3 Å². The van der Waals surface area contributed by atoms with Crippen molar-refractivity contribution in [3.8, 4) is 11.5 Å². The van der Waals surface area contributed by atoms with Crippen molar-refractivity contribution in [2.45, 2.75) is 19.4 Å². The van der Waals surface area contributed by atoms with Crippen LogP contribution < -0.4 is 14.8 Å². The van der Waals surface area contributed by atoms with E-state index in [2.05, 4.69) is 5.32 Å². The molecule has 32 heavy (non-hydrogen) atoms. The third-order valence-electron chi connectivity index (χ3n) is 4.35. The maximum absolute atomic E-state index is 12.2. The van der Waals surface area contributed by atoms with Gasteiger partial charge in [-0.3, -0.25) is 4.79 Å². The molecule has 0 aliphatic carbocycles. The monoisotopic (exact) mass is 441 g/mol. The predicted molar refractivity (Wildman–Crippen MR) is 118 cm³/mol. The number of hydrogen-bond acceptors (Lipinski definition) is 7. The first-order valence-corrected chi connectivity index (χ1v) is 10.0. The summed E-state index contributed by atoms with van der Waals surface area (Å²) in [6.07, 6.45) is 2.99. The number of amides is 1. The van der Waals surface area contributed by atoms with Crippen LogP contribution in [0.5, 0.6) is 11.5 Å². The summed E-state index contributed by atoms with van der Waals surface area (Å²) >= 11 is 0. The Morgan fingerprint density at radius 3 is 2.44 bits per heavy atom. The lowest BCUT2D eigenvalue weighted by atomic mass is 10.1. The van der Waals surface area contributed by atoms with Gasteiger partial charge in [0.05, 0.1) is 20.8 Å². The van der Waals surface area contributed by atoms with Gasteiger partial charge in [0.15, 0.2) is 18.1 Å². The first-order chi connectivity index (χ1) is 15.5. The van der Waals surface area contributed by atoms with E-state index < -0.39 is 30.5 Å². The number of rotatable bonds is 11. The molecule has 0 aromatic heterocycles. The van der Waals surface area contributed by atoms with Crippen molar-refractivity contribution in [2.75, 3.05) is 27.4 Å². The fourth-order valence-corrected chi connectivity index (χ4v) is 2.83. The molecule has 0 aliphatic rings. The molecule has 0 spiro atoms. The third kappa shape index (κ3) is 7.79. The van der Waals surface area contributed by atoms with Crippen LogP contribution in [0.3, 0.4) is 0 Å². The minimum Gasteiger partial charge on any atom is -0.493 e. The minimum atomic E-state index is -0.888. The number of carbonyl (C=O) groups is 3. The highest BCUT2D eigenvalue weighted by molar-refractivity contribution is 5.90. The standard InChI is InChI=1S/C24H27NO7/c1-4-31-20-12-10-18(15-21(20)29-2)11-13-23(27)32-16-22(26)25-19(24(28)30-3)14-17-8-6-5-7-9-17/h5-13,15,19H,4,14,16H2,1-3H3,(H,25,26)/b13-11+. The van der Waals surface area contributed by atoms with Crippen LogP contribution in [0.25, 0.3) is 6.08 Å². The Hall–Kier alpha value is -3.81. The van der Waals surface area contributed by atoms with Gasteiger partial charge in [0, 0.05) is 12.5 Å². The van der Waals surface area contributed by atoms with Gasteiger partial charge in [0.1, 0.15) is 6.04 Å². The molecular formula is C24H27NO7. The molecule has 0 aliphatic heterocycles. The second-order valence-electron chi connectivity index (χ2n) is 6.62. The molecule has 1 atom stereocenters. The lowest BCUT2D eigenvalue weighted by Crippen LogP contribution is -2.44. The Morgan fingerprint density at radius 1 is 1.03 bits per heavy atom. The Morgan fingerprint density at radius 2 is 1.78 bits per heavy atom. The predicted octanol–water partition coefficient (Wildman–Crippen LogP) is 2.55. The van der Waals surface area contributed by atoms with Crippen LogP contribution >= 0.6 is 0 Å². The highest BCUT2D eigenvalue weighted by atomic mass is 16.5. The van der Waals surface area contributed by atoms with Gasteiger partial charge in [-0.1, -0.05) is 36.4 Å². The zero-order chi connectivity index (χ0) is 23.3. The van der Waals surface area contributed by atoms with Gasteiger partial charge in [-0.15, -0.1) is 0 Å². The van der Waals surface area contributed by atoms with Gasteiger partial charge in [0.2, 0.25) is 0 Å². The average Bonchev–Trinajstić information content (AvgIpc) is 2.81. The lowest BCUT2D eigenvalue weighted by molar-refractivity contribution is -0.147. The number of hydrogen-bond donors (Lipinski definition) is 1. The van der Waals surface area contributed by atoms with E-state index >= 15 is 0 Å². The van der Waals surface area contributed by atoms with E-state index in [1.807, 2.05) is 37.3 Å². The number of methoxy groups -OCH3 is 2. The summed E-state index contributed by atoms with van der Waals surface area (Å²) in [6.45, 7) is 1.84. The molecule has 0 saturated heterocycles. The Labute approximate surface area is 187 Å². The van der Waals surface area contributed by atoms with E-state index in [1.54, 1.807) is 18.2 Å². The molecule has 1 unspecified atom stereocenters. The smallest absolute Gasteiger partial charge is 0.331 e. The summed E-state index contributed by atoms with van der Waals surface area (Å²) < 4.78 is 20.4. The summed E-state index contributed by atoms with van der Waals surface area (Å²) in [7, 11) is 2.77. The van der Waals surface area contributed by atoms with Crippen LogP contribution in [0.1, 0.15) is 18.1 Å². The Balaban J connectivity index is 1.89. The summed E-state index contributed by atoms with van der Waals surface area (Å²) in [5.74, 6) is -0.763. The maximum atomic E-state index is 12.2. The largest absolute Gasteiger partial charge is 0.493 e. The quantitative estimate of drug-likeness (QED) is 0.422. The molecule has 0 radical (unpaired) electrons. The van der Waals surface area contributed by atoms with Gasteiger partial charge in [-0.05, 0) is 36.3 Å². The molecule has 8 heteroatoms.